The Balaban J connectivity index is 1.69. The standard InChI is InChI=1S/C20H19ClFN5O3S/c1-13-24-25-26-27(13)18-12-15(6-9-17(18)22)23-19(28)20(10-2-3-11-20)31(29,30)16-7-4-14(21)5-8-16/h4-9,12H,2-3,10-11H2,1H3,(H,23,28). The van der Waals surface area contributed by atoms with E-state index in [0.29, 0.717) is 23.7 Å². The Kier molecular flexibility index (Phi) is 5.52. The van der Waals surface area contributed by atoms with E-state index in [9.17, 15) is 17.6 Å². The minimum absolute atomic E-state index is 0.0399. The van der Waals surface area contributed by atoms with Crippen LogP contribution in [0.5, 0.6) is 0 Å². The fourth-order valence-electron chi connectivity index (χ4n) is 3.86. The minimum Gasteiger partial charge on any atom is -0.325 e. The maximum absolute atomic E-state index is 14.3. The molecule has 1 amide bonds. The van der Waals surface area contributed by atoms with Crippen LogP contribution in [-0.2, 0) is 14.6 Å². The number of amides is 1. The molecule has 31 heavy (non-hydrogen) atoms. The summed E-state index contributed by atoms with van der Waals surface area (Å²) in [5.41, 5.74) is 0.287. The van der Waals surface area contributed by atoms with E-state index in [1.165, 1.54) is 47.1 Å². The number of anilines is 1. The van der Waals surface area contributed by atoms with Crippen LogP contribution in [0, 0.1) is 12.7 Å². The lowest BCUT2D eigenvalue weighted by atomic mass is 10.1. The number of sulfone groups is 1. The molecule has 0 bridgehead atoms. The van der Waals surface area contributed by atoms with Gasteiger partial charge in [0, 0.05) is 10.7 Å². The first kappa shape index (κ1) is 21.4. The number of aryl methyl sites for hydroxylation is 1. The van der Waals surface area contributed by atoms with E-state index in [1.807, 2.05) is 0 Å². The molecule has 3 aromatic rings. The Morgan fingerprint density at radius 2 is 1.84 bits per heavy atom. The van der Waals surface area contributed by atoms with Gasteiger partial charge in [0.15, 0.2) is 20.4 Å². The fourth-order valence-corrected chi connectivity index (χ4v) is 6.05. The number of hydrogen-bond acceptors (Lipinski definition) is 6. The molecule has 1 aliphatic carbocycles. The third kappa shape index (κ3) is 3.70. The van der Waals surface area contributed by atoms with Crippen LogP contribution in [0.25, 0.3) is 5.69 Å². The number of nitrogens with one attached hydrogen (secondary N) is 1. The molecule has 162 valence electrons. The van der Waals surface area contributed by atoms with Crippen molar-refractivity contribution in [2.75, 3.05) is 5.32 Å². The SMILES string of the molecule is Cc1nnnn1-c1cc(NC(=O)C2(S(=O)(=O)c3ccc(Cl)cc3)CCCC2)ccc1F. The molecular weight excluding hydrogens is 445 g/mol. The van der Waals surface area contributed by atoms with Gasteiger partial charge in [0.1, 0.15) is 11.5 Å². The van der Waals surface area contributed by atoms with Crippen LogP contribution in [0.15, 0.2) is 47.4 Å². The number of benzene rings is 2. The molecule has 0 radical (unpaired) electrons. The van der Waals surface area contributed by atoms with E-state index < -0.39 is 26.3 Å². The number of aromatic nitrogens is 4. The number of carbonyl (C=O) groups excluding carboxylic acids is 1. The summed E-state index contributed by atoms with van der Waals surface area (Å²) in [6.45, 7) is 1.61. The number of tetrazole rings is 1. The normalized spacial score (nSPS) is 15.7. The average Bonchev–Trinajstić information content (AvgIpc) is 3.40. The van der Waals surface area contributed by atoms with Crippen LogP contribution in [0.4, 0.5) is 10.1 Å². The predicted octanol–water partition coefficient (Wildman–Crippen LogP) is 3.49. The summed E-state index contributed by atoms with van der Waals surface area (Å²) in [4.78, 5) is 13.4. The Morgan fingerprint density at radius 3 is 2.45 bits per heavy atom. The second-order valence-electron chi connectivity index (χ2n) is 7.42. The minimum atomic E-state index is -3.99. The number of carbonyl (C=O) groups is 1. The summed E-state index contributed by atoms with van der Waals surface area (Å²) >= 11 is 5.89. The van der Waals surface area contributed by atoms with Gasteiger partial charge in [0.05, 0.1) is 4.90 Å². The van der Waals surface area contributed by atoms with Gasteiger partial charge >= 0.3 is 0 Å². The number of hydrogen-bond donors (Lipinski definition) is 1. The lowest BCUT2D eigenvalue weighted by Gasteiger charge is -2.27. The van der Waals surface area contributed by atoms with Gasteiger partial charge in [-0.1, -0.05) is 24.4 Å². The molecule has 2 aromatic carbocycles. The van der Waals surface area contributed by atoms with Crippen LogP contribution >= 0.6 is 11.6 Å². The quantitative estimate of drug-likeness (QED) is 0.620. The third-order valence-corrected chi connectivity index (χ3v) is 8.29. The zero-order valence-electron chi connectivity index (χ0n) is 16.5. The van der Waals surface area contributed by atoms with Crippen LogP contribution in [0.2, 0.25) is 5.02 Å². The summed E-state index contributed by atoms with van der Waals surface area (Å²) in [5.74, 6) is -0.872. The first-order valence-corrected chi connectivity index (χ1v) is 11.5. The smallest absolute Gasteiger partial charge is 0.246 e. The van der Waals surface area contributed by atoms with Crippen molar-refractivity contribution in [1.29, 1.82) is 0 Å². The summed E-state index contributed by atoms with van der Waals surface area (Å²) in [6, 6.07) is 9.68. The maximum atomic E-state index is 14.3. The average molecular weight is 464 g/mol. The van der Waals surface area contributed by atoms with Crippen molar-refractivity contribution in [3.05, 3.63) is 59.1 Å². The van der Waals surface area contributed by atoms with E-state index in [0.717, 1.165) is 0 Å². The maximum Gasteiger partial charge on any atom is 0.246 e. The van der Waals surface area contributed by atoms with E-state index in [4.69, 9.17) is 11.6 Å². The van der Waals surface area contributed by atoms with Crippen molar-refractivity contribution in [3.63, 3.8) is 0 Å². The van der Waals surface area contributed by atoms with Gasteiger partial charge in [-0.25, -0.2) is 12.8 Å². The van der Waals surface area contributed by atoms with Gasteiger partial charge in [-0.15, -0.1) is 5.10 Å². The molecule has 0 atom stereocenters. The summed E-state index contributed by atoms with van der Waals surface area (Å²) in [6.07, 6.45) is 1.62. The molecule has 0 saturated heterocycles. The largest absolute Gasteiger partial charge is 0.325 e. The molecule has 11 heteroatoms. The van der Waals surface area contributed by atoms with Crippen LogP contribution in [-0.4, -0.2) is 39.3 Å². The Hall–Kier alpha value is -2.85. The van der Waals surface area contributed by atoms with Crippen molar-refractivity contribution >= 4 is 33.0 Å². The second kappa shape index (κ2) is 8.01. The highest BCUT2D eigenvalue weighted by Gasteiger charge is 2.53. The lowest BCUT2D eigenvalue weighted by Crippen LogP contribution is -2.47. The molecular formula is C20H19ClFN5O3S. The van der Waals surface area contributed by atoms with E-state index in [-0.39, 0.29) is 29.1 Å². The van der Waals surface area contributed by atoms with Crippen LogP contribution in [0.1, 0.15) is 31.5 Å². The number of nitrogens with zero attached hydrogens (tertiary/aromatic N) is 4. The molecule has 1 fully saturated rings. The topological polar surface area (TPSA) is 107 Å². The fraction of sp³-hybridized carbons (Fsp3) is 0.300. The second-order valence-corrected chi connectivity index (χ2v) is 10.1. The molecule has 1 saturated carbocycles. The molecule has 0 spiro atoms. The number of halogens is 2. The Morgan fingerprint density at radius 1 is 1.16 bits per heavy atom. The Bertz CT molecular complexity index is 1240. The highest BCUT2D eigenvalue weighted by atomic mass is 35.5. The molecule has 1 aliphatic rings. The van der Waals surface area contributed by atoms with Gasteiger partial charge in [-0.2, -0.15) is 4.68 Å². The first-order valence-electron chi connectivity index (χ1n) is 9.61. The third-order valence-electron chi connectivity index (χ3n) is 5.52. The number of rotatable bonds is 5. The van der Waals surface area contributed by atoms with Crippen molar-refractivity contribution in [2.24, 2.45) is 0 Å². The van der Waals surface area contributed by atoms with Gasteiger partial charge in [-0.05, 0) is 72.7 Å². The highest BCUT2D eigenvalue weighted by molar-refractivity contribution is 7.93. The van der Waals surface area contributed by atoms with Crippen molar-refractivity contribution in [3.8, 4) is 5.69 Å². The van der Waals surface area contributed by atoms with Crippen LogP contribution in [0.3, 0.4) is 0 Å². The summed E-state index contributed by atoms with van der Waals surface area (Å²) < 4.78 is 40.8. The van der Waals surface area contributed by atoms with E-state index >= 15 is 0 Å². The van der Waals surface area contributed by atoms with Gasteiger partial charge in [-0.3, -0.25) is 4.79 Å². The highest BCUT2D eigenvalue weighted by Crippen LogP contribution is 2.41. The van der Waals surface area contributed by atoms with Crippen molar-refractivity contribution < 1.29 is 17.6 Å². The van der Waals surface area contributed by atoms with Gasteiger partial charge in [0.2, 0.25) is 5.91 Å². The zero-order valence-corrected chi connectivity index (χ0v) is 18.1. The Labute approximate surface area is 183 Å². The molecule has 8 nitrogen and oxygen atoms in total. The van der Waals surface area contributed by atoms with Crippen LogP contribution < -0.4 is 5.32 Å². The summed E-state index contributed by atoms with van der Waals surface area (Å²) in [7, 11) is -3.99. The zero-order chi connectivity index (χ0) is 22.2. The lowest BCUT2D eigenvalue weighted by molar-refractivity contribution is -0.118. The molecule has 1 heterocycles. The predicted molar refractivity (Wildman–Crippen MR) is 112 cm³/mol. The van der Waals surface area contributed by atoms with Crippen molar-refractivity contribution in [1.82, 2.24) is 20.2 Å². The first-order chi connectivity index (χ1) is 14.7. The molecule has 0 aliphatic heterocycles. The van der Waals surface area contributed by atoms with Gasteiger partial charge < -0.3 is 5.32 Å². The van der Waals surface area contributed by atoms with Gasteiger partial charge in [0.25, 0.3) is 0 Å². The molecule has 1 N–H and O–H groups in total. The monoisotopic (exact) mass is 463 g/mol. The molecule has 0 unspecified atom stereocenters. The molecule has 1 aromatic heterocycles. The van der Waals surface area contributed by atoms with E-state index in [2.05, 4.69) is 20.8 Å². The van der Waals surface area contributed by atoms with Crippen molar-refractivity contribution in [2.45, 2.75) is 42.2 Å². The van der Waals surface area contributed by atoms with E-state index in [1.54, 1.807) is 6.92 Å². The molecule has 4 rings (SSSR count). The summed E-state index contributed by atoms with van der Waals surface area (Å²) in [5, 5.41) is 14.0.